The molecule has 0 aliphatic heterocycles. The third-order valence-corrected chi connectivity index (χ3v) is 3.75. The van der Waals surface area contributed by atoms with E-state index in [1.165, 1.54) is 0 Å². The number of imidazole rings is 1. The largest absolute Gasteiger partial charge is 0.496 e. The normalized spacial score (nSPS) is 10.7. The van der Waals surface area contributed by atoms with E-state index >= 15 is 0 Å². The smallest absolute Gasteiger partial charge is 0.253 e. The molecule has 0 aliphatic rings. The third kappa shape index (κ3) is 3.18. The Morgan fingerprint density at radius 3 is 2.87 bits per heavy atom. The Bertz CT molecular complexity index is 839. The van der Waals surface area contributed by atoms with E-state index < -0.39 is 0 Å². The van der Waals surface area contributed by atoms with Crippen LogP contribution in [0.5, 0.6) is 5.75 Å². The van der Waals surface area contributed by atoms with Gasteiger partial charge in [-0.15, -0.1) is 0 Å². The number of carbonyl (C=O) groups excluding carboxylic acids is 1. The van der Waals surface area contributed by atoms with Crippen LogP contribution in [0, 0.1) is 6.92 Å². The van der Waals surface area contributed by atoms with Gasteiger partial charge >= 0.3 is 0 Å². The summed E-state index contributed by atoms with van der Waals surface area (Å²) in [6.45, 7) is 2.42. The van der Waals surface area contributed by atoms with E-state index in [1.54, 1.807) is 13.2 Å². The number of aryl methyl sites for hydroxylation is 1. The van der Waals surface area contributed by atoms with Gasteiger partial charge in [-0.05, 0) is 37.1 Å². The maximum atomic E-state index is 12.4. The SMILES string of the molecule is COc1ccccc1CCNC(=O)c1cccc2[nH]c(C)nc12. The Hall–Kier alpha value is -2.82. The summed E-state index contributed by atoms with van der Waals surface area (Å²) in [4.78, 5) is 20.0. The maximum Gasteiger partial charge on any atom is 0.253 e. The van der Waals surface area contributed by atoms with Gasteiger partial charge in [-0.3, -0.25) is 4.79 Å². The zero-order valence-corrected chi connectivity index (χ0v) is 13.2. The van der Waals surface area contributed by atoms with E-state index in [4.69, 9.17) is 4.74 Å². The molecule has 0 atom stereocenters. The lowest BCUT2D eigenvalue weighted by molar-refractivity contribution is 0.0955. The minimum atomic E-state index is -0.114. The highest BCUT2D eigenvalue weighted by Gasteiger charge is 2.12. The summed E-state index contributed by atoms with van der Waals surface area (Å²) in [5, 5.41) is 2.95. The number of carbonyl (C=O) groups is 1. The van der Waals surface area contributed by atoms with Crippen molar-refractivity contribution in [1.82, 2.24) is 15.3 Å². The first-order valence-electron chi connectivity index (χ1n) is 7.54. The Labute approximate surface area is 134 Å². The quantitative estimate of drug-likeness (QED) is 0.761. The van der Waals surface area contributed by atoms with Crippen LogP contribution in [0.15, 0.2) is 42.5 Å². The molecule has 0 aliphatic carbocycles. The lowest BCUT2D eigenvalue weighted by atomic mass is 10.1. The van der Waals surface area contributed by atoms with Crippen molar-refractivity contribution in [2.45, 2.75) is 13.3 Å². The summed E-state index contributed by atoms with van der Waals surface area (Å²) < 4.78 is 5.32. The average Bonchev–Trinajstić information content (AvgIpc) is 2.95. The van der Waals surface area contributed by atoms with Crippen molar-refractivity contribution in [1.29, 1.82) is 0 Å². The van der Waals surface area contributed by atoms with Crippen LogP contribution in [-0.4, -0.2) is 29.5 Å². The van der Waals surface area contributed by atoms with Crippen molar-refractivity contribution in [2.24, 2.45) is 0 Å². The van der Waals surface area contributed by atoms with Crippen LogP contribution in [0.4, 0.5) is 0 Å². The highest BCUT2D eigenvalue weighted by Crippen LogP contribution is 2.18. The number of methoxy groups -OCH3 is 1. The molecule has 1 amide bonds. The second-order valence-corrected chi connectivity index (χ2v) is 5.34. The molecule has 5 heteroatoms. The molecule has 0 radical (unpaired) electrons. The molecule has 3 aromatic rings. The predicted octanol–water partition coefficient (Wildman–Crippen LogP) is 2.85. The summed E-state index contributed by atoms with van der Waals surface area (Å²) in [6, 6.07) is 13.4. The van der Waals surface area contributed by atoms with Gasteiger partial charge in [0.25, 0.3) is 5.91 Å². The van der Waals surface area contributed by atoms with Gasteiger partial charge in [-0.2, -0.15) is 0 Å². The molecule has 3 rings (SSSR count). The molecule has 118 valence electrons. The van der Waals surface area contributed by atoms with E-state index in [0.29, 0.717) is 24.0 Å². The number of hydrogen-bond acceptors (Lipinski definition) is 3. The molecule has 2 aromatic carbocycles. The Morgan fingerprint density at radius 2 is 2.04 bits per heavy atom. The summed E-state index contributed by atoms with van der Waals surface area (Å²) in [6.07, 6.45) is 0.714. The summed E-state index contributed by atoms with van der Waals surface area (Å²) >= 11 is 0. The molecule has 1 heterocycles. The van der Waals surface area contributed by atoms with Crippen LogP contribution in [0.3, 0.4) is 0 Å². The molecule has 2 N–H and O–H groups in total. The fraction of sp³-hybridized carbons (Fsp3) is 0.222. The van der Waals surface area contributed by atoms with Crippen molar-refractivity contribution in [3.8, 4) is 5.75 Å². The Balaban J connectivity index is 1.69. The second kappa shape index (κ2) is 6.52. The zero-order valence-electron chi connectivity index (χ0n) is 13.2. The van der Waals surface area contributed by atoms with E-state index in [0.717, 1.165) is 22.7 Å². The molecule has 5 nitrogen and oxygen atoms in total. The first-order chi connectivity index (χ1) is 11.2. The van der Waals surface area contributed by atoms with Crippen molar-refractivity contribution in [3.63, 3.8) is 0 Å². The van der Waals surface area contributed by atoms with Gasteiger partial charge in [0, 0.05) is 6.54 Å². The number of aromatic amines is 1. The number of amides is 1. The standard InChI is InChI=1S/C18H19N3O2/c1-12-20-15-8-5-7-14(17(15)21-12)18(22)19-11-10-13-6-3-4-9-16(13)23-2/h3-9H,10-11H2,1-2H3,(H,19,22)(H,20,21). The van der Waals surface area contributed by atoms with Gasteiger partial charge in [0.1, 0.15) is 17.1 Å². The van der Waals surface area contributed by atoms with Crippen molar-refractivity contribution < 1.29 is 9.53 Å². The summed E-state index contributed by atoms with van der Waals surface area (Å²) in [5.41, 5.74) is 3.25. The van der Waals surface area contributed by atoms with Crippen LogP contribution < -0.4 is 10.1 Å². The number of nitrogens with zero attached hydrogens (tertiary/aromatic N) is 1. The summed E-state index contributed by atoms with van der Waals surface area (Å²) in [5.74, 6) is 1.53. The van der Waals surface area contributed by atoms with E-state index in [-0.39, 0.29) is 5.91 Å². The molecular formula is C18H19N3O2. The Kier molecular flexibility index (Phi) is 4.28. The zero-order chi connectivity index (χ0) is 16.2. The molecule has 1 aromatic heterocycles. The molecule has 0 fully saturated rings. The molecular weight excluding hydrogens is 290 g/mol. The Morgan fingerprint density at radius 1 is 1.22 bits per heavy atom. The minimum Gasteiger partial charge on any atom is -0.496 e. The van der Waals surface area contributed by atoms with Gasteiger partial charge in [-0.25, -0.2) is 4.98 Å². The van der Waals surface area contributed by atoms with Gasteiger partial charge in [0.2, 0.25) is 0 Å². The number of H-pyrrole nitrogens is 1. The van der Waals surface area contributed by atoms with E-state index in [9.17, 15) is 4.79 Å². The van der Waals surface area contributed by atoms with Crippen molar-refractivity contribution in [3.05, 3.63) is 59.4 Å². The van der Waals surface area contributed by atoms with Gasteiger partial charge in [0.15, 0.2) is 0 Å². The topological polar surface area (TPSA) is 67.0 Å². The number of para-hydroxylation sites is 2. The molecule has 0 bridgehead atoms. The lowest BCUT2D eigenvalue weighted by Crippen LogP contribution is -2.26. The predicted molar refractivity (Wildman–Crippen MR) is 89.9 cm³/mol. The third-order valence-electron chi connectivity index (χ3n) is 3.75. The number of hydrogen-bond donors (Lipinski definition) is 2. The fourth-order valence-corrected chi connectivity index (χ4v) is 2.65. The molecule has 0 spiro atoms. The first-order valence-corrected chi connectivity index (χ1v) is 7.54. The maximum absolute atomic E-state index is 12.4. The number of fused-ring (bicyclic) bond motifs is 1. The van der Waals surface area contributed by atoms with Crippen LogP contribution in [0.1, 0.15) is 21.7 Å². The average molecular weight is 309 g/mol. The van der Waals surface area contributed by atoms with Crippen LogP contribution in [-0.2, 0) is 6.42 Å². The van der Waals surface area contributed by atoms with Crippen LogP contribution >= 0.6 is 0 Å². The number of rotatable bonds is 5. The number of ether oxygens (including phenoxy) is 1. The van der Waals surface area contributed by atoms with Crippen LogP contribution in [0.25, 0.3) is 11.0 Å². The highest BCUT2D eigenvalue weighted by molar-refractivity contribution is 6.04. The highest BCUT2D eigenvalue weighted by atomic mass is 16.5. The number of benzene rings is 2. The van der Waals surface area contributed by atoms with E-state index in [1.807, 2.05) is 43.3 Å². The number of aromatic nitrogens is 2. The van der Waals surface area contributed by atoms with Gasteiger partial charge in [0.05, 0.1) is 18.2 Å². The first kappa shape index (κ1) is 15.1. The molecule has 23 heavy (non-hydrogen) atoms. The molecule has 0 unspecified atom stereocenters. The van der Waals surface area contributed by atoms with Gasteiger partial charge in [-0.1, -0.05) is 24.3 Å². The number of nitrogens with one attached hydrogen (secondary N) is 2. The summed E-state index contributed by atoms with van der Waals surface area (Å²) in [7, 11) is 1.65. The van der Waals surface area contributed by atoms with Crippen molar-refractivity contribution >= 4 is 16.9 Å². The molecule has 0 saturated carbocycles. The van der Waals surface area contributed by atoms with Crippen LogP contribution in [0.2, 0.25) is 0 Å². The van der Waals surface area contributed by atoms with Gasteiger partial charge < -0.3 is 15.0 Å². The lowest BCUT2D eigenvalue weighted by Gasteiger charge is -2.09. The minimum absolute atomic E-state index is 0.114. The van der Waals surface area contributed by atoms with E-state index in [2.05, 4.69) is 15.3 Å². The second-order valence-electron chi connectivity index (χ2n) is 5.34. The fourth-order valence-electron chi connectivity index (χ4n) is 2.65. The molecule has 0 saturated heterocycles. The monoisotopic (exact) mass is 309 g/mol. The van der Waals surface area contributed by atoms with Crippen molar-refractivity contribution in [2.75, 3.05) is 13.7 Å².